The van der Waals surface area contributed by atoms with E-state index < -0.39 is 17.8 Å². The van der Waals surface area contributed by atoms with Crippen LogP contribution in [0.25, 0.3) is 5.70 Å². The number of nitrogens with zero attached hydrogens (tertiary/aromatic N) is 2. The zero-order valence-electron chi connectivity index (χ0n) is 11.6. The van der Waals surface area contributed by atoms with Crippen molar-refractivity contribution in [3.8, 4) is 0 Å². The Labute approximate surface area is 115 Å². The number of carbonyl (C=O) groups is 1. The van der Waals surface area contributed by atoms with E-state index in [1.165, 1.54) is 13.1 Å². The standard InChI is InChI=1S/C11H13F3N2O2.CH5N/c1-3-5-8(10(17)18-4-2)16-6-9(15-7-16)11(12,13)14;1-2/h5-7H,3-4H2,1-2H3;2H2,1H3/b8-5+;. The number of ether oxygens (including phenoxy) is 1. The number of rotatable bonds is 4. The monoisotopic (exact) mass is 293 g/mol. The largest absolute Gasteiger partial charge is 0.461 e. The maximum absolute atomic E-state index is 12.4. The third-order valence-electron chi connectivity index (χ3n) is 2.03. The average Bonchev–Trinajstić information content (AvgIpc) is 2.87. The summed E-state index contributed by atoms with van der Waals surface area (Å²) >= 11 is 0. The van der Waals surface area contributed by atoms with Gasteiger partial charge in [-0.3, -0.25) is 4.57 Å². The third kappa shape index (κ3) is 5.04. The lowest BCUT2D eigenvalue weighted by atomic mass is 10.3. The van der Waals surface area contributed by atoms with E-state index in [9.17, 15) is 18.0 Å². The Morgan fingerprint density at radius 3 is 2.45 bits per heavy atom. The number of hydrogen-bond donors (Lipinski definition) is 1. The topological polar surface area (TPSA) is 70.1 Å². The van der Waals surface area contributed by atoms with Crippen molar-refractivity contribution in [1.29, 1.82) is 0 Å². The van der Waals surface area contributed by atoms with Crippen LogP contribution in [-0.2, 0) is 15.7 Å². The van der Waals surface area contributed by atoms with Gasteiger partial charge in [0.1, 0.15) is 12.0 Å². The van der Waals surface area contributed by atoms with E-state index in [-0.39, 0.29) is 12.3 Å². The molecule has 20 heavy (non-hydrogen) atoms. The fraction of sp³-hybridized carbons (Fsp3) is 0.500. The van der Waals surface area contributed by atoms with Gasteiger partial charge in [-0.2, -0.15) is 13.2 Å². The smallest absolute Gasteiger partial charge is 0.434 e. The summed E-state index contributed by atoms with van der Waals surface area (Å²) in [6.07, 6.45) is -0.843. The highest BCUT2D eigenvalue weighted by atomic mass is 19.4. The van der Waals surface area contributed by atoms with Gasteiger partial charge in [-0.15, -0.1) is 0 Å². The van der Waals surface area contributed by atoms with Crippen LogP contribution in [0.15, 0.2) is 18.6 Å². The van der Waals surface area contributed by atoms with Gasteiger partial charge in [0.15, 0.2) is 5.69 Å². The van der Waals surface area contributed by atoms with Gasteiger partial charge in [-0.25, -0.2) is 9.78 Å². The highest BCUT2D eigenvalue weighted by Gasteiger charge is 2.34. The van der Waals surface area contributed by atoms with Crippen LogP contribution in [0.4, 0.5) is 13.2 Å². The molecule has 0 aliphatic heterocycles. The molecule has 114 valence electrons. The van der Waals surface area contributed by atoms with E-state index in [1.54, 1.807) is 13.8 Å². The summed E-state index contributed by atoms with van der Waals surface area (Å²) in [5, 5.41) is 0. The van der Waals surface area contributed by atoms with Gasteiger partial charge in [0.25, 0.3) is 0 Å². The van der Waals surface area contributed by atoms with Crippen molar-refractivity contribution in [2.75, 3.05) is 13.7 Å². The van der Waals surface area contributed by atoms with E-state index in [2.05, 4.69) is 10.7 Å². The number of aromatic nitrogens is 2. The second-order valence-corrected chi connectivity index (χ2v) is 3.38. The number of nitrogens with two attached hydrogens (primary N) is 1. The summed E-state index contributed by atoms with van der Waals surface area (Å²) in [6.45, 7) is 3.54. The number of alkyl halides is 3. The van der Waals surface area contributed by atoms with Gasteiger partial charge in [0.05, 0.1) is 6.61 Å². The first-order chi connectivity index (χ1) is 9.40. The highest BCUT2D eigenvalue weighted by Crippen LogP contribution is 2.28. The van der Waals surface area contributed by atoms with Crippen LogP contribution < -0.4 is 5.73 Å². The van der Waals surface area contributed by atoms with Crippen molar-refractivity contribution >= 4 is 11.7 Å². The summed E-state index contributed by atoms with van der Waals surface area (Å²) in [7, 11) is 1.50. The van der Waals surface area contributed by atoms with E-state index in [0.717, 1.165) is 17.1 Å². The van der Waals surface area contributed by atoms with E-state index in [1.807, 2.05) is 0 Å². The van der Waals surface area contributed by atoms with Gasteiger partial charge in [-0.05, 0) is 20.4 Å². The van der Waals surface area contributed by atoms with E-state index in [0.29, 0.717) is 6.42 Å². The molecule has 1 heterocycles. The maximum atomic E-state index is 12.4. The van der Waals surface area contributed by atoms with Crippen molar-refractivity contribution in [3.05, 3.63) is 24.3 Å². The molecule has 0 spiro atoms. The van der Waals surface area contributed by atoms with Crippen LogP contribution in [0.1, 0.15) is 26.0 Å². The average molecular weight is 293 g/mol. The summed E-state index contributed by atoms with van der Waals surface area (Å²) in [6, 6.07) is 0. The molecule has 0 fully saturated rings. The summed E-state index contributed by atoms with van der Waals surface area (Å²) in [5.41, 5.74) is 3.48. The Bertz CT molecular complexity index is 453. The predicted octanol–water partition coefficient (Wildman–Crippen LogP) is 2.29. The van der Waals surface area contributed by atoms with Crippen LogP contribution >= 0.6 is 0 Å². The number of halogens is 3. The summed E-state index contributed by atoms with van der Waals surface area (Å²) < 4.78 is 43.0. The van der Waals surface area contributed by atoms with Crippen LogP contribution in [0, 0.1) is 0 Å². The first-order valence-electron chi connectivity index (χ1n) is 5.96. The Balaban J connectivity index is 0.00000172. The molecule has 0 saturated heterocycles. The Morgan fingerprint density at radius 2 is 2.05 bits per heavy atom. The van der Waals surface area contributed by atoms with Crippen molar-refractivity contribution in [3.63, 3.8) is 0 Å². The Kier molecular flexibility index (Phi) is 7.60. The highest BCUT2D eigenvalue weighted by molar-refractivity contribution is 6.09. The maximum Gasteiger partial charge on any atom is 0.434 e. The lowest BCUT2D eigenvalue weighted by Gasteiger charge is -2.07. The van der Waals surface area contributed by atoms with E-state index >= 15 is 0 Å². The van der Waals surface area contributed by atoms with Gasteiger partial charge >= 0.3 is 12.1 Å². The quantitative estimate of drug-likeness (QED) is 0.683. The van der Waals surface area contributed by atoms with Crippen LogP contribution in [0.5, 0.6) is 0 Å². The minimum atomic E-state index is -4.53. The molecule has 0 radical (unpaired) electrons. The van der Waals surface area contributed by atoms with Crippen LogP contribution in [-0.4, -0.2) is 29.2 Å². The molecule has 0 aliphatic carbocycles. The molecular formula is C12H18F3N3O2. The first kappa shape index (κ1) is 18.2. The number of allylic oxidation sites excluding steroid dienone is 1. The summed E-state index contributed by atoms with van der Waals surface area (Å²) in [4.78, 5) is 14.8. The normalized spacial score (nSPS) is 11.7. The molecule has 1 rings (SSSR count). The van der Waals surface area contributed by atoms with Gasteiger partial charge in [0, 0.05) is 6.20 Å². The SMILES string of the molecule is CC/C=C(\C(=O)OCC)n1cnc(C(F)(F)F)c1.CN. The molecule has 0 aromatic carbocycles. The molecule has 0 amide bonds. The predicted molar refractivity (Wildman–Crippen MR) is 68.5 cm³/mol. The van der Waals surface area contributed by atoms with Crippen LogP contribution in [0.3, 0.4) is 0 Å². The lowest BCUT2D eigenvalue weighted by molar-refractivity contribution is -0.141. The molecule has 2 N–H and O–H groups in total. The van der Waals surface area contributed by atoms with Gasteiger partial charge in [0.2, 0.25) is 0 Å². The minimum Gasteiger partial charge on any atom is -0.461 e. The van der Waals surface area contributed by atoms with Crippen molar-refractivity contribution in [2.24, 2.45) is 5.73 Å². The Hall–Kier alpha value is -1.83. The third-order valence-corrected chi connectivity index (χ3v) is 2.03. The molecule has 1 aromatic rings. The van der Waals surface area contributed by atoms with Crippen molar-refractivity contribution in [2.45, 2.75) is 26.4 Å². The van der Waals surface area contributed by atoms with E-state index in [4.69, 9.17) is 4.74 Å². The molecule has 0 bridgehead atoms. The van der Waals surface area contributed by atoms with Crippen molar-refractivity contribution < 1.29 is 22.7 Å². The lowest BCUT2D eigenvalue weighted by Crippen LogP contribution is -2.11. The summed E-state index contributed by atoms with van der Waals surface area (Å²) in [5.74, 6) is -0.675. The zero-order chi connectivity index (χ0) is 15.8. The number of esters is 1. The number of hydrogen-bond acceptors (Lipinski definition) is 4. The second-order valence-electron chi connectivity index (χ2n) is 3.38. The molecule has 8 heteroatoms. The zero-order valence-corrected chi connectivity index (χ0v) is 11.6. The van der Waals surface area contributed by atoms with Crippen LogP contribution in [0.2, 0.25) is 0 Å². The molecule has 1 aromatic heterocycles. The second kappa shape index (κ2) is 8.36. The molecule has 0 unspecified atom stereocenters. The first-order valence-corrected chi connectivity index (χ1v) is 5.96. The van der Waals surface area contributed by atoms with Gasteiger partial charge in [-0.1, -0.05) is 13.0 Å². The number of carbonyl (C=O) groups excluding carboxylic acids is 1. The minimum absolute atomic E-state index is 0.0300. The fourth-order valence-corrected chi connectivity index (χ4v) is 1.29. The molecule has 0 atom stereocenters. The molecule has 0 aliphatic rings. The molecule has 0 saturated carbocycles. The van der Waals surface area contributed by atoms with Gasteiger partial charge < -0.3 is 10.5 Å². The van der Waals surface area contributed by atoms with Crippen molar-refractivity contribution in [1.82, 2.24) is 9.55 Å². The number of imidazole rings is 1. The Morgan fingerprint density at radius 1 is 1.45 bits per heavy atom. The fourth-order valence-electron chi connectivity index (χ4n) is 1.29. The molecule has 5 nitrogen and oxygen atoms in total. The molecular weight excluding hydrogens is 275 g/mol.